The summed E-state index contributed by atoms with van der Waals surface area (Å²) in [4.78, 5) is 58.4. The minimum Gasteiger partial charge on any atom is -0.421 e. The van der Waals surface area contributed by atoms with Crippen molar-refractivity contribution in [2.45, 2.75) is 13.1 Å². The number of carbonyl (C=O) groups is 4. The lowest BCUT2D eigenvalue weighted by Crippen LogP contribution is -2.14. The van der Waals surface area contributed by atoms with Crippen LogP contribution >= 0.6 is 23.2 Å². The maximum absolute atomic E-state index is 12.8. The predicted octanol–water partition coefficient (Wildman–Crippen LogP) is 3.06. The Bertz CT molecular complexity index is 1810. The monoisotopic (exact) mass is 581 g/mol. The van der Waals surface area contributed by atoms with Crippen LogP contribution in [0, 0.1) is 0 Å². The van der Waals surface area contributed by atoms with Crippen LogP contribution in [0.4, 0.5) is 0 Å². The van der Waals surface area contributed by atoms with Gasteiger partial charge in [0, 0.05) is 48.8 Å². The van der Waals surface area contributed by atoms with Crippen molar-refractivity contribution < 1.29 is 38.1 Å². The highest BCUT2D eigenvalue weighted by atomic mass is 35.5. The topological polar surface area (TPSA) is 154 Å². The highest BCUT2D eigenvalue weighted by Crippen LogP contribution is 2.48. The third kappa shape index (κ3) is 4.57. The molecule has 4 aromatic rings. The number of fused-ring (bicyclic) bond motifs is 5. The zero-order chi connectivity index (χ0) is 28.0. The fraction of sp³-hybridized carbons (Fsp3) is 0.0800. The average molecular weight is 582 g/mol. The van der Waals surface area contributed by atoms with Gasteiger partial charge < -0.3 is 23.5 Å². The smallest absolute Gasteiger partial charge is 0.337 e. The molecule has 6 bridgehead atoms. The molecule has 0 radical (unpaired) electrons. The standard InChI is InChI=1S/C25H13Cl2N5O8/c26-13-2-1-12-20-18-21(32(30-20)10-9-31-8-7-28-11-31)23(25-29-24(18)39-16(35)5-6-17(36)40-25)38-15(34)4-3-14(33)37-22(12)19(13)27/h1-8,11H,9-10H2/b4-3?,6-5-. The lowest BCUT2D eigenvalue weighted by Gasteiger charge is -2.14. The van der Waals surface area contributed by atoms with Crippen molar-refractivity contribution in [3.05, 3.63) is 65.2 Å². The summed E-state index contributed by atoms with van der Waals surface area (Å²) >= 11 is 12.6. The Morgan fingerprint density at radius 1 is 0.775 bits per heavy atom. The molecule has 0 saturated carbocycles. The van der Waals surface area contributed by atoms with Crippen LogP contribution in [0.1, 0.15) is 0 Å². The number of ether oxygens (including phenoxy) is 4. The van der Waals surface area contributed by atoms with E-state index in [1.807, 2.05) is 0 Å². The number of hydrogen-bond donors (Lipinski definition) is 0. The molecule has 2 aliphatic heterocycles. The number of benzene rings is 1. The maximum atomic E-state index is 12.8. The third-order valence-corrected chi connectivity index (χ3v) is 6.51. The van der Waals surface area contributed by atoms with Crippen LogP contribution in [0.2, 0.25) is 10.0 Å². The van der Waals surface area contributed by atoms with Gasteiger partial charge in [0.25, 0.3) is 5.88 Å². The Morgan fingerprint density at radius 3 is 2.10 bits per heavy atom. The van der Waals surface area contributed by atoms with Crippen molar-refractivity contribution in [1.29, 1.82) is 0 Å². The van der Waals surface area contributed by atoms with Crippen molar-refractivity contribution in [1.82, 2.24) is 24.3 Å². The second-order valence-corrected chi connectivity index (χ2v) is 9.02. The highest BCUT2D eigenvalue weighted by molar-refractivity contribution is 6.43. The summed E-state index contributed by atoms with van der Waals surface area (Å²) in [5, 5.41) is 4.71. The van der Waals surface area contributed by atoms with Crippen molar-refractivity contribution in [2.24, 2.45) is 0 Å². The van der Waals surface area contributed by atoms with E-state index in [1.165, 1.54) is 16.8 Å². The van der Waals surface area contributed by atoms with Crippen LogP contribution in [0.3, 0.4) is 0 Å². The molecular weight excluding hydrogens is 569 g/mol. The summed E-state index contributed by atoms with van der Waals surface area (Å²) in [6.07, 6.45) is 8.23. The first-order chi connectivity index (χ1) is 19.3. The van der Waals surface area contributed by atoms with E-state index < -0.39 is 29.8 Å². The van der Waals surface area contributed by atoms with Gasteiger partial charge in [-0.3, -0.25) is 4.68 Å². The number of imidazole rings is 1. The first kappa shape index (κ1) is 25.3. The van der Waals surface area contributed by atoms with E-state index in [0.717, 1.165) is 24.3 Å². The maximum Gasteiger partial charge on any atom is 0.337 e. The van der Waals surface area contributed by atoms with E-state index in [1.54, 1.807) is 23.3 Å². The second-order valence-electron chi connectivity index (χ2n) is 8.24. The number of esters is 4. The molecule has 3 aromatic heterocycles. The van der Waals surface area contributed by atoms with Crippen LogP contribution in [0.25, 0.3) is 22.2 Å². The number of rotatable bonds is 3. The molecule has 0 saturated heterocycles. The molecule has 40 heavy (non-hydrogen) atoms. The van der Waals surface area contributed by atoms with Crippen LogP contribution in [-0.2, 0) is 32.3 Å². The molecule has 0 N–H and O–H groups in total. The molecule has 15 heteroatoms. The van der Waals surface area contributed by atoms with Gasteiger partial charge in [-0.15, -0.1) is 0 Å². The average Bonchev–Trinajstić information content (AvgIpc) is 3.58. The van der Waals surface area contributed by atoms with Gasteiger partial charge in [0.15, 0.2) is 5.75 Å². The zero-order valence-electron chi connectivity index (χ0n) is 19.9. The molecule has 200 valence electrons. The highest BCUT2D eigenvalue weighted by Gasteiger charge is 2.32. The van der Waals surface area contributed by atoms with Gasteiger partial charge in [-0.1, -0.05) is 23.2 Å². The second kappa shape index (κ2) is 9.94. The van der Waals surface area contributed by atoms with Gasteiger partial charge in [0.1, 0.15) is 16.2 Å². The molecule has 1 aromatic carbocycles. The van der Waals surface area contributed by atoms with Gasteiger partial charge >= 0.3 is 23.9 Å². The Balaban J connectivity index is 1.72. The molecule has 5 heterocycles. The summed E-state index contributed by atoms with van der Waals surface area (Å²) in [5.41, 5.74) is 0.346. The SMILES string of the molecule is O=C1C=CC(=O)Oc2c3nc(c4c(nn(CCn5ccnc5)c24)-c2ccc(Cl)c(Cl)c2O1)OC(=O)/C=C\C(=O)O3. The van der Waals surface area contributed by atoms with Crippen LogP contribution in [0.5, 0.6) is 23.3 Å². The molecule has 0 atom stereocenters. The van der Waals surface area contributed by atoms with Crippen LogP contribution < -0.4 is 18.9 Å². The summed E-state index contributed by atoms with van der Waals surface area (Å²) in [7, 11) is 0. The van der Waals surface area contributed by atoms with Gasteiger partial charge in [-0.2, -0.15) is 10.1 Å². The van der Waals surface area contributed by atoms with Gasteiger partial charge in [-0.25, -0.2) is 24.2 Å². The molecule has 13 nitrogen and oxygen atoms in total. The first-order valence-electron chi connectivity index (χ1n) is 11.4. The van der Waals surface area contributed by atoms with E-state index >= 15 is 0 Å². The quantitative estimate of drug-likeness (QED) is 0.259. The minimum absolute atomic E-state index is 0.0668. The molecule has 0 fully saturated rings. The van der Waals surface area contributed by atoms with Crippen molar-refractivity contribution in [2.75, 3.05) is 0 Å². The fourth-order valence-corrected chi connectivity index (χ4v) is 4.38. The molecule has 0 aliphatic carbocycles. The minimum atomic E-state index is -1.03. The normalized spacial score (nSPS) is 15.6. The number of aromatic nitrogens is 5. The fourth-order valence-electron chi connectivity index (χ4n) is 4.03. The number of carbonyl (C=O) groups excluding carboxylic acids is 4. The van der Waals surface area contributed by atoms with Crippen molar-refractivity contribution in [3.8, 4) is 34.5 Å². The number of hydrogen-bond acceptors (Lipinski definition) is 11. The van der Waals surface area contributed by atoms with E-state index in [9.17, 15) is 19.2 Å². The van der Waals surface area contributed by atoms with Crippen LogP contribution in [-0.4, -0.2) is 48.2 Å². The Labute approximate surface area is 233 Å². The van der Waals surface area contributed by atoms with Gasteiger partial charge in [-0.05, 0) is 12.1 Å². The number of aryl methyl sites for hydroxylation is 2. The lowest BCUT2D eigenvalue weighted by molar-refractivity contribution is -0.132. The third-order valence-electron chi connectivity index (χ3n) is 5.72. The van der Waals surface area contributed by atoms with E-state index in [2.05, 4.69) is 15.1 Å². The lowest BCUT2D eigenvalue weighted by atomic mass is 10.1. The largest absolute Gasteiger partial charge is 0.421 e. The van der Waals surface area contributed by atoms with Gasteiger partial charge in [0.05, 0.1) is 23.3 Å². The first-order valence-corrected chi connectivity index (χ1v) is 12.2. The zero-order valence-corrected chi connectivity index (χ0v) is 21.4. The Kier molecular flexibility index (Phi) is 6.28. The summed E-state index contributed by atoms with van der Waals surface area (Å²) in [6.45, 7) is 0.508. The Morgan fingerprint density at radius 2 is 1.43 bits per heavy atom. The molecule has 0 spiro atoms. The van der Waals surface area contributed by atoms with E-state index in [-0.39, 0.29) is 56.1 Å². The van der Waals surface area contributed by atoms with Gasteiger partial charge in [0.2, 0.25) is 11.6 Å². The predicted molar refractivity (Wildman–Crippen MR) is 136 cm³/mol. The molecule has 0 amide bonds. The molecule has 2 aliphatic rings. The number of halogens is 2. The summed E-state index contributed by atoms with van der Waals surface area (Å²) < 4.78 is 24.9. The Hall–Kier alpha value is -5.01. The summed E-state index contributed by atoms with van der Waals surface area (Å²) in [6, 6.07) is 2.96. The number of nitrogens with zero attached hydrogens (tertiary/aromatic N) is 5. The molecule has 6 rings (SSSR count). The molecule has 0 unspecified atom stereocenters. The summed E-state index contributed by atoms with van der Waals surface area (Å²) in [5.74, 6) is -5.20. The van der Waals surface area contributed by atoms with E-state index in [0.29, 0.717) is 6.54 Å². The van der Waals surface area contributed by atoms with Crippen molar-refractivity contribution in [3.63, 3.8) is 0 Å². The number of pyridine rings is 1. The van der Waals surface area contributed by atoms with Crippen LogP contribution in [0.15, 0.2) is 55.2 Å². The molecular formula is C25H13Cl2N5O8. The van der Waals surface area contributed by atoms with Crippen molar-refractivity contribution >= 4 is 58.0 Å². The van der Waals surface area contributed by atoms with E-state index in [4.69, 9.17) is 42.1 Å².